The second kappa shape index (κ2) is 9.98. The highest BCUT2D eigenvalue weighted by molar-refractivity contribution is 5.94. The van der Waals surface area contributed by atoms with Crippen LogP contribution in [-0.2, 0) is 21.9 Å². The number of hydrogen-bond acceptors (Lipinski definition) is 3. The summed E-state index contributed by atoms with van der Waals surface area (Å²) < 4.78 is 99.4. The van der Waals surface area contributed by atoms with Crippen molar-refractivity contribution in [3.05, 3.63) is 59.2 Å². The van der Waals surface area contributed by atoms with Crippen LogP contribution in [0.4, 0.5) is 46.9 Å². The quantitative estimate of drug-likeness (QED) is 0.445. The highest BCUT2D eigenvalue weighted by Gasteiger charge is 2.43. The molecule has 3 rings (SSSR count). The molecule has 0 aromatic heterocycles. The van der Waals surface area contributed by atoms with Gasteiger partial charge >= 0.3 is 18.4 Å². The molecule has 0 saturated carbocycles. The number of fused-ring (bicyclic) bond motifs is 1. The predicted octanol–water partition coefficient (Wildman–Crippen LogP) is 6.93. The van der Waals surface area contributed by atoms with Crippen molar-refractivity contribution in [1.82, 2.24) is 0 Å². The number of carbonyl (C=O) groups is 2. The molecule has 2 aromatic carbocycles. The zero-order valence-electron chi connectivity index (χ0n) is 19.4. The van der Waals surface area contributed by atoms with Gasteiger partial charge in [0.25, 0.3) is 0 Å². The number of ether oxygens (including phenoxy) is 1. The Kier molecular flexibility index (Phi) is 7.56. The minimum absolute atomic E-state index is 0.0584. The molecule has 1 aliphatic heterocycles. The van der Waals surface area contributed by atoms with Crippen molar-refractivity contribution in [2.24, 2.45) is 0 Å². The summed E-state index contributed by atoms with van der Waals surface area (Å²) >= 11 is 0. The van der Waals surface area contributed by atoms with Gasteiger partial charge in [-0.3, -0.25) is 9.69 Å². The van der Waals surface area contributed by atoms with E-state index in [1.807, 2.05) is 5.32 Å². The lowest BCUT2D eigenvalue weighted by Crippen LogP contribution is -2.51. The molecular weight excluding hydrogens is 497 g/mol. The molecule has 0 fully saturated rings. The number of anilines is 2. The predicted molar refractivity (Wildman–Crippen MR) is 117 cm³/mol. The first-order chi connectivity index (χ1) is 16.6. The zero-order chi connectivity index (χ0) is 27.0. The normalized spacial score (nSPS) is 20.2. The summed E-state index contributed by atoms with van der Waals surface area (Å²) in [5, 5.41) is 2.03. The summed E-state index contributed by atoms with van der Waals surface area (Å²) in [6, 6.07) is 5.81. The zero-order valence-corrected chi connectivity index (χ0v) is 19.4. The first-order valence-corrected chi connectivity index (χ1v) is 10.9. The Bertz CT molecular complexity index is 1100. The van der Waals surface area contributed by atoms with Gasteiger partial charge in [-0.25, -0.2) is 9.18 Å². The van der Waals surface area contributed by atoms with E-state index in [9.17, 15) is 35.9 Å². The summed E-state index contributed by atoms with van der Waals surface area (Å²) in [7, 11) is 0. The molecule has 5 nitrogen and oxygen atoms in total. The number of nitrogens with zero attached hydrogens (tertiary/aromatic N) is 1. The van der Waals surface area contributed by atoms with Crippen LogP contribution in [0.25, 0.3) is 0 Å². The summed E-state index contributed by atoms with van der Waals surface area (Å²) in [6.45, 7) is 4.66. The van der Waals surface area contributed by atoms with E-state index >= 15 is 4.39 Å². The number of benzene rings is 2. The van der Waals surface area contributed by atoms with E-state index in [0.29, 0.717) is 17.8 Å². The number of carbonyl (C=O) groups excluding carboxylic acids is 2. The van der Waals surface area contributed by atoms with Crippen LogP contribution in [0.5, 0.6) is 0 Å². The second-order valence-electron chi connectivity index (χ2n) is 8.70. The Morgan fingerprint density at radius 2 is 1.56 bits per heavy atom. The summed E-state index contributed by atoms with van der Waals surface area (Å²) in [6.07, 6.45) is -13.8. The lowest BCUT2D eigenvalue weighted by Gasteiger charge is -2.41. The number of rotatable bonds is 4. The van der Waals surface area contributed by atoms with Gasteiger partial charge in [0.1, 0.15) is 6.17 Å². The van der Waals surface area contributed by atoms with E-state index in [-0.39, 0.29) is 11.6 Å². The number of nitrogens with one attached hydrogen (secondary N) is 1. The van der Waals surface area contributed by atoms with Crippen molar-refractivity contribution in [2.75, 3.05) is 10.2 Å². The summed E-state index contributed by atoms with van der Waals surface area (Å²) in [5.41, 5.74) is -3.34. The first-order valence-electron chi connectivity index (χ1n) is 10.9. The highest BCUT2D eigenvalue weighted by Crippen LogP contribution is 2.43. The van der Waals surface area contributed by atoms with Crippen molar-refractivity contribution in [3.63, 3.8) is 0 Å². The van der Waals surface area contributed by atoms with E-state index < -0.39 is 71.8 Å². The van der Waals surface area contributed by atoms with E-state index in [1.165, 1.54) is 19.1 Å². The van der Waals surface area contributed by atoms with E-state index in [4.69, 9.17) is 4.74 Å². The monoisotopic (exact) mass is 520 g/mol. The molecule has 196 valence electrons. The maximum atomic E-state index is 15.5. The molecule has 0 radical (unpaired) electrons. The topological polar surface area (TPSA) is 58.6 Å². The Morgan fingerprint density at radius 1 is 1.00 bits per heavy atom. The molecule has 12 heteroatoms. The van der Waals surface area contributed by atoms with E-state index in [0.717, 1.165) is 4.90 Å². The van der Waals surface area contributed by atoms with Crippen LogP contribution in [-0.4, -0.2) is 30.3 Å². The molecule has 36 heavy (non-hydrogen) atoms. The number of para-hydroxylation sites is 1. The minimum Gasteiger partial charge on any atom is -0.446 e. The molecule has 0 aliphatic carbocycles. The number of hydrogen-bond donors (Lipinski definition) is 1. The lowest BCUT2D eigenvalue weighted by atomic mass is 9.82. The average molecular weight is 520 g/mol. The van der Waals surface area contributed by atoms with Gasteiger partial charge in [0.15, 0.2) is 0 Å². The van der Waals surface area contributed by atoms with Gasteiger partial charge in [-0.05, 0) is 50.6 Å². The lowest BCUT2D eigenvalue weighted by molar-refractivity contribution is -0.143. The molecule has 3 atom stereocenters. The highest BCUT2D eigenvalue weighted by atomic mass is 19.4. The molecule has 1 heterocycles. The smallest absolute Gasteiger partial charge is 0.416 e. The third-order valence-corrected chi connectivity index (χ3v) is 5.66. The first kappa shape index (κ1) is 27.3. The standard InChI is InChI=1S/C24H23F7N2O3/c1-12(2)36-22(35)33-13(3)21(25)18(17-6-4-5-7-19(17)33)11-20(34)32-16-9-14(23(26,27)28)8-15(10-16)24(29,30)31/h4-10,12-13,18,21H,11H2,1-3H3,(H,32,34)/t13-,18+,21+/m1/s1. The van der Waals surface area contributed by atoms with E-state index in [1.54, 1.807) is 26.0 Å². The van der Waals surface area contributed by atoms with Crippen LogP contribution in [0, 0.1) is 0 Å². The van der Waals surface area contributed by atoms with Crippen LogP contribution in [0.1, 0.15) is 49.8 Å². The van der Waals surface area contributed by atoms with Gasteiger partial charge in [-0.15, -0.1) is 0 Å². The van der Waals surface area contributed by atoms with Gasteiger partial charge in [0, 0.05) is 18.0 Å². The fourth-order valence-corrected chi connectivity index (χ4v) is 4.07. The number of halogens is 7. The van der Waals surface area contributed by atoms with Gasteiger partial charge in [-0.1, -0.05) is 18.2 Å². The van der Waals surface area contributed by atoms with Gasteiger partial charge in [0.05, 0.1) is 29.0 Å². The molecule has 0 unspecified atom stereocenters. The SMILES string of the molecule is CC(C)OC(=O)N1c2ccccc2[C@H](CC(=O)Nc2cc(C(F)(F)F)cc(C(F)(F)F)c2)[C@@H](F)[C@H]1C. The fraction of sp³-hybridized carbons (Fsp3) is 0.417. The summed E-state index contributed by atoms with van der Waals surface area (Å²) in [4.78, 5) is 26.4. The Balaban J connectivity index is 1.90. The molecular formula is C24H23F7N2O3. The molecule has 0 spiro atoms. The Labute approximate surface area is 202 Å². The maximum absolute atomic E-state index is 15.5. The van der Waals surface area contributed by atoms with Crippen LogP contribution in [0.2, 0.25) is 0 Å². The molecule has 0 saturated heterocycles. The minimum atomic E-state index is -5.09. The molecule has 1 aliphatic rings. The third-order valence-electron chi connectivity index (χ3n) is 5.66. The van der Waals surface area contributed by atoms with E-state index in [2.05, 4.69) is 0 Å². The average Bonchev–Trinajstić information content (AvgIpc) is 2.75. The van der Waals surface area contributed by atoms with Crippen molar-refractivity contribution in [2.45, 2.75) is 63.8 Å². The van der Waals surface area contributed by atoms with Crippen LogP contribution in [0.3, 0.4) is 0 Å². The molecule has 0 bridgehead atoms. The Morgan fingerprint density at radius 3 is 2.08 bits per heavy atom. The van der Waals surface area contributed by atoms with Crippen molar-refractivity contribution < 1.29 is 45.1 Å². The van der Waals surface area contributed by atoms with Crippen LogP contribution >= 0.6 is 0 Å². The van der Waals surface area contributed by atoms with Gasteiger partial charge in [-0.2, -0.15) is 26.3 Å². The van der Waals surface area contributed by atoms with Crippen LogP contribution in [0.15, 0.2) is 42.5 Å². The molecule has 2 amide bonds. The third kappa shape index (κ3) is 5.90. The largest absolute Gasteiger partial charge is 0.446 e. The van der Waals surface area contributed by atoms with Gasteiger partial charge in [0.2, 0.25) is 5.91 Å². The van der Waals surface area contributed by atoms with Crippen LogP contribution < -0.4 is 10.2 Å². The van der Waals surface area contributed by atoms with Crippen molar-refractivity contribution in [1.29, 1.82) is 0 Å². The van der Waals surface area contributed by atoms with Crippen molar-refractivity contribution >= 4 is 23.4 Å². The van der Waals surface area contributed by atoms with Gasteiger partial charge < -0.3 is 10.1 Å². The Hall–Kier alpha value is -3.31. The number of amides is 2. The number of alkyl halides is 7. The second-order valence-corrected chi connectivity index (χ2v) is 8.70. The maximum Gasteiger partial charge on any atom is 0.416 e. The molecule has 1 N–H and O–H groups in total. The fourth-order valence-electron chi connectivity index (χ4n) is 4.07. The molecule has 2 aromatic rings. The van der Waals surface area contributed by atoms with Crippen molar-refractivity contribution in [3.8, 4) is 0 Å². The summed E-state index contributed by atoms with van der Waals surface area (Å²) in [5.74, 6) is -2.11.